The van der Waals surface area contributed by atoms with Crippen LogP contribution < -0.4 is 5.32 Å². The van der Waals surface area contributed by atoms with Gasteiger partial charge in [0.15, 0.2) is 0 Å². The van der Waals surface area contributed by atoms with Crippen molar-refractivity contribution in [2.24, 2.45) is 5.92 Å². The van der Waals surface area contributed by atoms with Gasteiger partial charge in [0, 0.05) is 36.0 Å². The molecule has 3 aromatic heterocycles. The number of alkyl halides is 3. The maximum Gasteiger partial charge on any atom is 0.417 e. The van der Waals surface area contributed by atoms with Crippen molar-refractivity contribution in [3.63, 3.8) is 0 Å². The number of H-pyrrole nitrogens is 1. The van der Waals surface area contributed by atoms with Gasteiger partial charge in [0.25, 0.3) is 0 Å². The molecule has 7 nitrogen and oxygen atoms in total. The zero-order valence-corrected chi connectivity index (χ0v) is 15.2. The van der Waals surface area contributed by atoms with Crippen molar-refractivity contribution >= 4 is 17.0 Å². The number of hydrogen-bond acceptors (Lipinski definition) is 6. The molecule has 0 spiro atoms. The quantitative estimate of drug-likeness (QED) is 0.582. The number of nitriles is 1. The van der Waals surface area contributed by atoms with Crippen LogP contribution >= 0.6 is 0 Å². The highest BCUT2D eigenvalue weighted by molar-refractivity contribution is 5.94. The molecule has 0 aromatic carbocycles. The second-order valence-electron chi connectivity index (χ2n) is 6.99. The van der Waals surface area contributed by atoms with Gasteiger partial charge in [-0.1, -0.05) is 0 Å². The van der Waals surface area contributed by atoms with E-state index in [0.717, 1.165) is 25.1 Å². The van der Waals surface area contributed by atoms with Crippen molar-refractivity contribution in [2.75, 3.05) is 11.9 Å². The first kappa shape index (κ1) is 19.1. The Morgan fingerprint density at radius 1 is 1.31 bits per heavy atom. The molecular formula is C19H17F3N6O. The Bertz CT molecular complexity index is 1080. The number of rotatable bonds is 6. The number of hydrogen-bond donors (Lipinski definition) is 3. The molecule has 1 aliphatic rings. The predicted octanol–water partition coefficient (Wildman–Crippen LogP) is 3.48. The highest BCUT2D eigenvalue weighted by atomic mass is 19.4. The van der Waals surface area contributed by atoms with E-state index in [1.165, 1.54) is 12.4 Å². The van der Waals surface area contributed by atoms with Crippen molar-refractivity contribution in [1.29, 1.82) is 5.26 Å². The number of halogens is 3. The second-order valence-corrected chi connectivity index (χ2v) is 6.99. The predicted molar refractivity (Wildman–Crippen MR) is 98.7 cm³/mol. The average molecular weight is 402 g/mol. The van der Waals surface area contributed by atoms with Crippen LogP contribution in [0.2, 0.25) is 0 Å². The molecule has 4 rings (SSSR count). The first-order chi connectivity index (χ1) is 13.9. The fourth-order valence-electron chi connectivity index (χ4n) is 3.32. The molecule has 1 saturated carbocycles. The standard InChI is InChI=1S/C19H17F3N6O/c20-19(21,22)12-5-13-14(9-25-17(13)24-8-12)16-11(6-23)7-26-18(28-16)27-15(3-4-29)10-1-2-10/h5,7-10,15,29H,1-4H2,(H,24,25)(H,26,27,28). The second kappa shape index (κ2) is 7.33. The van der Waals surface area contributed by atoms with Gasteiger partial charge >= 0.3 is 6.18 Å². The Morgan fingerprint density at radius 2 is 2.10 bits per heavy atom. The summed E-state index contributed by atoms with van der Waals surface area (Å²) < 4.78 is 39.3. The minimum atomic E-state index is -4.53. The average Bonchev–Trinajstić information content (AvgIpc) is 3.45. The van der Waals surface area contributed by atoms with Gasteiger partial charge in [-0.25, -0.2) is 15.0 Å². The molecule has 1 fully saturated rings. The first-order valence-electron chi connectivity index (χ1n) is 9.10. The van der Waals surface area contributed by atoms with Crippen LogP contribution in [-0.4, -0.2) is 37.7 Å². The summed E-state index contributed by atoms with van der Waals surface area (Å²) in [5.74, 6) is 0.690. The zero-order valence-electron chi connectivity index (χ0n) is 15.2. The number of nitrogens with zero attached hydrogens (tertiary/aromatic N) is 4. The molecule has 0 amide bonds. The SMILES string of the molecule is N#Cc1cnc(NC(CCO)C2CC2)nc1-c1c[nH]c2ncc(C(F)(F)F)cc12. The van der Waals surface area contributed by atoms with E-state index < -0.39 is 11.7 Å². The van der Waals surface area contributed by atoms with E-state index in [4.69, 9.17) is 0 Å². The molecule has 0 bridgehead atoms. The van der Waals surface area contributed by atoms with Crippen LogP contribution in [0.1, 0.15) is 30.4 Å². The summed E-state index contributed by atoms with van der Waals surface area (Å²) in [5.41, 5.74) is 0.0790. The van der Waals surface area contributed by atoms with Crippen LogP contribution in [0.25, 0.3) is 22.3 Å². The fourth-order valence-corrected chi connectivity index (χ4v) is 3.32. The number of anilines is 1. The van der Waals surface area contributed by atoms with E-state index in [1.807, 2.05) is 6.07 Å². The van der Waals surface area contributed by atoms with Gasteiger partial charge in [0.2, 0.25) is 5.95 Å². The van der Waals surface area contributed by atoms with E-state index in [0.29, 0.717) is 17.9 Å². The van der Waals surface area contributed by atoms with Crippen molar-refractivity contribution in [3.8, 4) is 17.3 Å². The molecule has 1 aliphatic carbocycles. The number of aromatic amines is 1. The summed E-state index contributed by atoms with van der Waals surface area (Å²) in [5, 5.41) is 22.1. The molecule has 1 atom stereocenters. The minimum Gasteiger partial charge on any atom is -0.396 e. The van der Waals surface area contributed by atoms with Crippen LogP contribution in [0, 0.1) is 17.2 Å². The number of aromatic nitrogens is 4. The third-order valence-electron chi connectivity index (χ3n) is 4.97. The summed E-state index contributed by atoms with van der Waals surface area (Å²) in [7, 11) is 0. The van der Waals surface area contributed by atoms with Crippen molar-refractivity contribution in [1.82, 2.24) is 19.9 Å². The van der Waals surface area contributed by atoms with Gasteiger partial charge in [-0.15, -0.1) is 0 Å². The van der Waals surface area contributed by atoms with Crippen LogP contribution in [0.5, 0.6) is 0 Å². The Balaban J connectivity index is 1.76. The third-order valence-corrected chi connectivity index (χ3v) is 4.97. The van der Waals surface area contributed by atoms with Crippen molar-refractivity contribution in [3.05, 3.63) is 35.8 Å². The summed E-state index contributed by atoms with van der Waals surface area (Å²) >= 11 is 0. The van der Waals surface area contributed by atoms with Crippen LogP contribution in [0.4, 0.5) is 19.1 Å². The van der Waals surface area contributed by atoms with E-state index in [-0.39, 0.29) is 40.9 Å². The lowest BCUT2D eigenvalue weighted by molar-refractivity contribution is -0.137. The lowest BCUT2D eigenvalue weighted by atomic mass is 10.1. The Kier molecular flexibility index (Phi) is 4.84. The molecule has 3 aromatic rings. The van der Waals surface area contributed by atoms with Crippen LogP contribution in [-0.2, 0) is 6.18 Å². The van der Waals surface area contributed by atoms with Gasteiger partial charge in [0.05, 0.1) is 23.0 Å². The number of pyridine rings is 1. The highest BCUT2D eigenvalue weighted by Crippen LogP contribution is 2.37. The number of aliphatic hydroxyl groups is 1. The molecule has 150 valence electrons. The minimum absolute atomic E-state index is 0.00209. The number of nitrogens with one attached hydrogen (secondary N) is 2. The summed E-state index contributed by atoms with van der Waals surface area (Å²) in [6.45, 7) is 0.0195. The van der Waals surface area contributed by atoms with E-state index >= 15 is 0 Å². The van der Waals surface area contributed by atoms with Crippen LogP contribution in [0.3, 0.4) is 0 Å². The Labute approximate surface area is 163 Å². The van der Waals surface area contributed by atoms with E-state index in [2.05, 4.69) is 25.3 Å². The lowest BCUT2D eigenvalue weighted by Gasteiger charge is -2.17. The highest BCUT2D eigenvalue weighted by Gasteiger charge is 2.32. The Hall–Kier alpha value is -3.19. The molecule has 0 saturated heterocycles. The normalized spacial score (nSPS) is 15.3. The van der Waals surface area contributed by atoms with E-state index in [9.17, 15) is 23.5 Å². The van der Waals surface area contributed by atoms with Crippen molar-refractivity contribution < 1.29 is 18.3 Å². The zero-order chi connectivity index (χ0) is 20.6. The number of aliphatic hydroxyl groups excluding tert-OH is 1. The smallest absolute Gasteiger partial charge is 0.396 e. The molecular weight excluding hydrogens is 385 g/mol. The molecule has 0 aliphatic heterocycles. The molecule has 0 radical (unpaired) electrons. The Morgan fingerprint density at radius 3 is 2.76 bits per heavy atom. The largest absolute Gasteiger partial charge is 0.417 e. The van der Waals surface area contributed by atoms with Gasteiger partial charge in [-0.05, 0) is 31.2 Å². The van der Waals surface area contributed by atoms with Gasteiger partial charge in [-0.3, -0.25) is 0 Å². The first-order valence-corrected chi connectivity index (χ1v) is 9.10. The summed E-state index contributed by atoms with van der Waals surface area (Å²) in [6.07, 6.45) is 1.69. The molecule has 3 N–H and O–H groups in total. The topological polar surface area (TPSA) is 111 Å². The monoisotopic (exact) mass is 402 g/mol. The summed E-state index contributed by atoms with van der Waals surface area (Å²) in [6, 6.07) is 2.98. The van der Waals surface area contributed by atoms with Gasteiger partial charge in [0.1, 0.15) is 11.7 Å². The maximum absolute atomic E-state index is 13.1. The summed E-state index contributed by atoms with van der Waals surface area (Å²) in [4.78, 5) is 15.2. The molecule has 10 heteroatoms. The fraction of sp³-hybridized carbons (Fsp3) is 0.368. The molecule has 1 unspecified atom stereocenters. The van der Waals surface area contributed by atoms with Gasteiger partial charge < -0.3 is 15.4 Å². The number of fused-ring (bicyclic) bond motifs is 1. The maximum atomic E-state index is 13.1. The van der Waals surface area contributed by atoms with E-state index in [1.54, 1.807) is 0 Å². The van der Waals surface area contributed by atoms with Crippen LogP contribution in [0.15, 0.2) is 24.7 Å². The van der Waals surface area contributed by atoms with Crippen molar-refractivity contribution in [2.45, 2.75) is 31.5 Å². The van der Waals surface area contributed by atoms with Gasteiger partial charge in [-0.2, -0.15) is 18.4 Å². The molecule has 3 heterocycles. The lowest BCUT2D eigenvalue weighted by Crippen LogP contribution is -2.24. The molecule has 29 heavy (non-hydrogen) atoms. The third kappa shape index (κ3) is 3.86.